The van der Waals surface area contributed by atoms with Crippen molar-refractivity contribution in [1.29, 1.82) is 0 Å². The molecule has 0 unspecified atom stereocenters. The quantitative estimate of drug-likeness (QED) is 0.851. The van der Waals surface area contributed by atoms with Crippen molar-refractivity contribution >= 4 is 5.91 Å². The summed E-state index contributed by atoms with van der Waals surface area (Å²) >= 11 is 0. The van der Waals surface area contributed by atoms with Crippen LogP contribution in [-0.2, 0) is 16.1 Å². The molecule has 2 aromatic rings. The minimum atomic E-state index is -0.317. The van der Waals surface area contributed by atoms with Crippen LogP contribution in [0.25, 0.3) is 5.69 Å². The molecule has 0 bridgehead atoms. The first-order valence-electron chi connectivity index (χ1n) is 7.99. The van der Waals surface area contributed by atoms with Crippen molar-refractivity contribution in [3.63, 3.8) is 0 Å². The molecule has 24 heavy (non-hydrogen) atoms. The highest BCUT2D eigenvalue weighted by Crippen LogP contribution is 2.14. The van der Waals surface area contributed by atoms with Crippen LogP contribution in [0.1, 0.15) is 12.6 Å². The standard InChI is InChI=1S/C17H22N4O3/c1-12-16(18-8-10-24-12)17(22)19-11-13-7-9-21(20-13)14-3-5-15(23-2)6-4-14/h3-7,9,12,16,18H,8,10-11H2,1-2H3,(H,19,22)/t12-,16+/m1/s1. The number of ether oxygens (including phenoxy) is 2. The second-order valence-electron chi connectivity index (χ2n) is 5.68. The Bertz CT molecular complexity index is 683. The summed E-state index contributed by atoms with van der Waals surface area (Å²) in [5.74, 6) is 0.732. The minimum Gasteiger partial charge on any atom is -0.497 e. The van der Waals surface area contributed by atoms with Gasteiger partial charge < -0.3 is 20.1 Å². The first kappa shape index (κ1) is 16.5. The number of carbonyl (C=O) groups excluding carboxylic acids is 1. The van der Waals surface area contributed by atoms with E-state index in [9.17, 15) is 4.79 Å². The topological polar surface area (TPSA) is 77.4 Å². The lowest BCUT2D eigenvalue weighted by Crippen LogP contribution is -2.55. The van der Waals surface area contributed by atoms with Crippen LogP contribution in [0.5, 0.6) is 5.75 Å². The molecule has 7 nitrogen and oxygen atoms in total. The van der Waals surface area contributed by atoms with Gasteiger partial charge in [0.1, 0.15) is 11.8 Å². The molecule has 1 saturated heterocycles. The molecular weight excluding hydrogens is 308 g/mol. The maximum atomic E-state index is 12.2. The number of carbonyl (C=O) groups is 1. The van der Waals surface area contributed by atoms with Gasteiger partial charge in [0.05, 0.1) is 37.7 Å². The van der Waals surface area contributed by atoms with Crippen molar-refractivity contribution < 1.29 is 14.3 Å². The number of aromatic nitrogens is 2. The van der Waals surface area contributed by atoms with Gasteiger partial charge >= 0.3 is 0 Å². The molecule has 7 heteroatoms. The molecule has 0 saturated carbocycles. The first-order valence-corrected chi connectivity index (χ1v) is 7.99. The monoisotopic (exact) mass is 330 g/mol. The predicted octanol–water partition coefficient (Wildman–Crippen LogP) is 0.874. The van der Waals surface area contributed by atoms with Crippen LogP contribution in [0.4, 0.5) is 0 Å². The Hall–Kier alpha value is -2.38. The van der Waals surface area contributed by atoms with Gasteiger partial charge in [-0.05, 0) is 37.3 Å². The van der Waals surface area contributed by atoms with Gasteiger partial charge in [-0.15, -0.1) is 0 Å². The summed E-state index contributed by atoms with van der Waals surface area (Å²) in [5.41, 5.74) is 1.73. The lowest BCUT2D eigenvalue weighted by molar-refractivity contribution is -0.129. The number of nitrogens with one attached hydrogen (secondary N) is 2. The van der Waals surface area contributed by atoms with Crippen LogP contribution in [0.2, 0.25) is 0 Å². The molecule has 2 atom stereocenters. The molecule has 2 heterocycles. The molecule has 1 amide bonds. The van der Waals surface area contributed by atoms with Crippen molar-refractivity contribution in [2.24, 2.45) is 0 Å². The molecule has 1 aromatic carbocycles. The Morgan fingerprint density at radius 1 is 1.42 bits per heavy atom. The molecule has 0 spiro atoms. The summed E-state index contributed by atoms with van der Waals surface area (Å²) in [6.07, 6.45) is 1.74. The van der Waals surface area contributed by atoms with Gasteiger partial charge in [-0.25, -0.2) is 4.68 Å². The number of methoxy groups -OCH3 is 1. The van der Waals surface area contributed by atoms with Gasteiger partial charge in [0.15, 0.2) is 0 Å². The first-order chi connectivity index (χ1) is 11.7. The fourth-order valence-electron chi connectivity index (χ4n) is 2.65. The van der Waals surface area contributed by atoms with Crippen LogP contribution < -0.4 is 15.4 Å². The van der Waals surface area contributed by atoms with Gasteiger partial charge in [0.2, 0.25) is 5.91 Å². The van der Waals surface area contributed by atoms with Crippen LogP contribution in [-0.4, -0.2) is 48.1 Å². The molecule has 2 N–H and O–H groups in total. The third kappa shape index (κ3) is 3.74. The number of rotatable bonds is 5. The Labute approximate surface area is 140 Å². The van der Waals surface area contributed by atoms with E-state index < -0.39 is 0 Å². The van der Waals surface area contributed by atoms with E-state index in [1.165, 1.54) is 0 Å². The lowest BCUT2D eigenvalue weighted by atomic mass is 10.1. The Morgan fingerprint density at radius 3 is 2.92 bits per heavy atom. The van der Waals surface area contributed by atoms with Crippen molar-refractivity contribution in [2.75, 3.05) is 20.3 Å². The second-order valence-corrected chi connectivity index (χ2v) is 5.68. The zero-order chi connectivity index (χ0) is 16.9. The summed E-state index contributed by atoms with van der Waals surface area (Å²) in [4.78, 5) is 12.2. The Morgan fingerprint density at radius 2 is 2.21 bits per heavy atom. The highest BCUT2D eigenvalue weighted by molar-refractivity contribution is 5.82. The van der Waals surface area contributed by atoms with E-state index in [2.05, 4.69) is 15.7 Å². The fourth-order valence-corrected chi connectivity index (χ4v) is 2.65. The molecule has 0 aliphatic carbocycles. The maximum Gasteiger partial charge on any atom is 0.240 e. The molecule has 1 aromatic heterocycles. The van der Waals surface area contributed by atoms with E-state index in [-0.39, 0.29) is 18.1 Å². The fraction of sp³-hybridized carbons (Fsp3) is 0.412. The van der Waals surface area contributed by atoms with E-state index in [4.69, 9.17) is 9.47 Å². The summed E-state index contributed by atoms with van der Waals surface area (Å²) in [6.45, 7) is 3.60. The summed E-state index contributed by atoms with van der Waals surface area (Å²) in [5, 5.41) is 10.6. The van der Waals surface area contributed by atoms with Gasteiger partial charge in [-0.3, -0.25) is 4.79 Å². The van der Waals surface area contributed by atoms with Crippen LogP contribution >= 0.6 is 0 Å². The number of hydrogen-bond donors (Lipinski definition) is 2. The number of amides is 1. The third-order valence-electron chi connectivity index (χ3n) is 4.02. The molecule has 1 aliphatic rings. The largest absolute Gasteiger partial charge is 0.497 e. The Balaban J connectivity index is 1.58. The maximum absolute atomic E-state index is 12.2. The summed E-state index contributed by atoms with van der Waals surface area (Å²) in [6, 6.07) is 9.20. The van der Waals surface area contributed by atoms with Crippen molar-refractivity contribution in [2.45, 2.75) is 25.6 Å². The predicted molar refractivity (Wildman–Crippen MR) is 89.2 cm³/mol. The molecule has 1 aliphatic heterocycles. The number of morpholine rings is 1. The van der Waals surface area contributed by atoms with Crippen molar-refractivity contribution in [3.05, 3.63) is 42.2 Å². The van der Waals surface area contributed by atoms with E-state index >= 15 is 0 Å². The van der Waals surface area contributed by atoms with Gasteiger partial charge in [-0.1, -0.05) is 0 Å². The van der Waals surface area contributed by atoms with E-state index in [0.717, 1.165) is 17.1 Å². The molecule has 128 valence electrons. The third-order valence-corrected chi connectivity index (χ3v) is 4.02. The van der Waals surface area contributed by atoms with Gasteiger partial charge in [0, 0.05) is 12.7 Å². The second kappa shape index (κ2) is 7.46. The zero-order valence-electron chi connectivity index (χ0n) is 13.9. The molecule has 0 radical (unpaired) electrons. The van der Waals surface area contributed by atoms with Crippen molar-refractivity contribution in [3.8, 4) is 11.4 Å². The van der Waals surface area contributed by atoms with E-state index in [1.54, 1.807) is 11.8 Å². The average molecular weight is 330 g/mol. The molecular formula is C17H22N4O3. The summed E-state index contributed by atoms with van der Waals surface area (Å²) < 4.78 is 12.4. The molecule has 3 rings (SSSR count). The molecule has 1 fully saturated rings. The highest BCUT2D eigenvalue weighted by Gasteiger charge is 2.27. The van der Waals surface area contributed by atoms with E-state index in [0.29, 0.717) is 19.7 Å². The Kier molecular flexibility index (Phi) is 5.12. The van der Waals surface area contributed by atoms with Gasteiger partial charge in [-0.2, -0.15) is 5.10 Å². The highest BCUT2D eigenvalue weighted by atomic mass is 16.5. The summed E-state index contributed by atoms with van der Waals surface area (Å²) in [7, 11) is 1.64. The minimum absolute atomic E-state index is 0.0683. The lowest BCUT2D eigenvalue weighted by Gasteiger charge is -2.29. The zero-order valence-corrected chi connectivity index (χ0v) is 13.9. The average Bonchev–Trinajstić information content (AvgIpc) is 3.09. The van der Waals surface area contributed by atoms with Crippen LogP contribution in [0, 0.1) is 0 Å². The van der Waals surface area contributed by atoms with Crippen molar-refractivity contribution in [1.82, 2.24) is 20.4 Å². The van der Waals surface area contributed by atoms with E-state index in [1.807, 2.05) is 43.5 Å². The number of benzene rings is 1. The smallest absolute Gasteiger partial charge is 0.240 e. The van der Waals surface area contributed by atoms with Crippen LogP contribution in [0.15, 0.2) is 36.5 Å². The normalized spacial score (nSPS) is 20.6. The SMILES string of the molecule is COc1ccc(-n2ccc(CNC(=O)[C@H]3NCCO[C@@H]3C)n2)cc1. The number of hydrogen-bond acceptors (Lipinski definition) is 5. The van der Waals surface area contributed by atoms with Gasteiger partial charge in [0.25, 0.3) is 0 Å². The number of nitrogens with zero attached hydrogens (tertiary/aromatic N) is 2. The van der Waals surface area contributed by atoms with Crippen LogP contribution in [0.3, 0.4) is 0 Å².